The topological polar surface area (TPSA) is 71.1 Å². The molecule has 0 fully saturated rings. The number of anilines is 1. The number of aromatic nitrogens is 1. The molecule has 2 aromatic carbocycles. The van der Waals surface area contributed by atoms with E-state index in [1.54, 1.807) is 18.2 Å². The summed E-state index contributed by atoms with van der Waals surface area (Å²) in [5.74, 6) is -0.585. The SMILES string of the molecule is Cc1cc(C(=O)NCC(=O)Nc2ccc(Br)cc2)c2ccccc2n1. The first-order valence-corrected chi connectivity index (χ1v) is 8.52. The van der Waals surface area contributed by atoms with E-state index >= 15 is 0 Å². The number of aryl methyl sites for hydroxylation is 1. The number of hydrogen-bond donors (Lipinski definition) is 2. The van der Waals surface area contributed by atoms with Gasteiger partial charge in [0.05, 0.1) is 17.6 Å². The number of carbonyl (C=O) groups is 2. The van der Waals surface area contributed by atoms with Crippen LogP contribution in [0, 0.1) is 6.92 Å². The molecule has 2 amide bonds. The number of pyridine rings is 1. The summed E-state index contributed by atoms with van der Waals surface area (Å²) in [4.78, 5) is 28.9. The summed E-state index contributed by atoms with van der Waals surface area (Å²) < 4.78 is 0.929. The Morgan fingerprint density at radius 2 is 1.80 bits per heavy atom. The lowest BCUT2D eigenvalue weighted by Gasteiger charge is -2.09. The molecule has 1 heterocycles. The Balaban J connectivity index is 1.68. The summed E-state index contributed by atoms with van der Waals surface area (Å²) in [5, 5.41) is 6.16. The van der Waals surface area contributed by atoms with Gasteiger partial charge in [-0.1, -0.05) is 34.1 Å². The molecule has 126 valence electrons. The van der Waals surface area contributed by atoms with Crippen molar-refractivity contribution in [2.24, 2.45) is 0 Å². The van der Waals surface area contributed by atoms with E-state index in [4.69, 9.17) is 0 Å². The van der Waals surface area contributed by atoms with E-state index in [-0.39, 0.29) is 18.4 Å². The van der Waals surface area contributed by atoms with Crippen molar-refractivity contribution >= 4 is 44.3 Å². The number of para-hydroxylation sites is 1. The Bertz CT molecular complexity index is 939. The fraction of sp³-hybridized carbons (Fsp3) is 0.105. The monoisotopic (exact) mass is 397 g/mol. The van der Waals surface area contributed by atoms with Gasteiger partial charge < -0.3 is 10.6 Å². The molecule has 0 aliphatic carbocycles. The van der Waals surface area contributed by atoms with Gasteiger partial charge in [0.25, 0.3) is 5.91 Å². The number of rotatable bonds is 4. The fourth-order valence-electron chi connectivity index (χ4n) is 2.49. The molecule has 6 heteroatoms. The van der Waals surface area contributed by atoms with Gasteiger partial charge in [-0.25, -0.2) is 0 Å². The Hall–Kier alpha value is -2.73. The molecule has 25 heavy (non-hydrogen) atoms. The molecule has 1 aromatic heterocycles. The molecule has 0 saturated heterocycles. The zero-order valence-electron chi connectivity index (χ0n) is 13.5. The first-order chi connectivity index (χ1) is 12.0. The summed E-state index contributed by atoms with van der Waals surface area (Å²) in [6.07, 6.45) is 0. The van der Waals surface area contributed by atoms with Gasteiger partial charge in [-0.05, 0) is 43.3 Å². The zero-order chi connectivity index (χ0) is 17.8. The molecule has 0 spiro atoms. The Morgan fingerprint density at radius 1 is 1.08 bits per heavy atom. The molecule has 3 rings (SSSR count). The van der Waals surface area contributed by atoms with Crippen molar-refractivity contribution in [2.75, 3.05) is 11.9 Å². The van der Waals surface area contributed by atoms with Crippen molar-refractivity contribution in [3.8, 4) is 0 Å². The van der Waals surface area contributed by atoms with Crippen LogP contribution in [0.4, 0.5) is 5.69 Å². The number of fused-ring (bicyclic) bond motifs is 1. The maximum atomic E-state index is 12.5. The van der Waals surface area contributed by atoms with Gasteiger partial charge >= 0.3 is 0 Å². The van der Waals surface area contributed by atoms with E-state index in [0.717, 1.165) is 21.1 Å². The number of benzene rings is 2. The number of carbonyl (C=O) groups excluding carboxylic acids is 2. The smallest absolute Gasteiger partial charge is 0.252 e. The number of nitrogens with zero attached hydrogens (tertiary/aromatic N) is 1. The molecule has 0 unspecified atom stereocenters. The van der Waals surface area contributed by atoms with Gasteiger partial charge in [-0.2, -0.15) is 0 Å². The van der Waals surface area contributed by atoms with Crippen LogP contribution in [0.25, 0.3) is 10.9 Å². The van der Waals surface area contributed by atoms with Gasteiger partial charge in [-0.3, -0.25) is 14.6 Å². The fourth-order valence-corrected chi connectivity index (χ4v) is 2.75. The summed E-state index contributed by atoms with van der Waals surface area (Å²) >= 11 is 3.34. The summed E-state index contributed by atoms with van der Waals surface area (Å²) in [6, 6.07) is 16.4. The van der Waals surface area contributed by atoms with Crippen LogP contribution in [0.15, 0.2) is 59.1 Å². The van der Waals surface area contributed by atoms with Crippen LogP contribution >= 0.6 is 15.9 Å². The maximum absolute atomic E-state index is 12.5. The van der Waals surface area contributed by atoms with Gasteiger partial charge in [0.1, 0.15) is 0 Å². The molecule has 0 aliphatic rings. The van der Waals surface area contributed by atoms with Crippen LogP contribution in [0.3, 0.4) is 0 Å². The summed E-state index contributed by atoms with van der Waals surface area (Å²) in [7, 11) is 0. The average molecular weight is 398 g/mol. The Labute approximate surface area is 153 Å². The first kappa shape index (κ1) is 17.1. The highest BCUT2D eigenvalue weighted by molar-refractivity contribution is 9.10. The maximum Gasteiger partial charge on any atom is 0.252 e. The van der Waals surface area contributed by atoms with Crippen LogP contribution in [-0.4, -0.2) is 23.3 Å². The van der Waals surface area contributed by atoms with E-state index in [2.05, 4.69) is 31.5 Å². The normalized spacial score (nSPS) is 10.5. The van der Waals surface area contributed by atoms with Crippen molar-refractivity contribution < 1.29 is 9.59 Å². The third-order valence-electron chi connectivity index (χ3n) is 3.63. The lowest BCUT2D eigenvalue weighted by atomic mass is 10.1. The van der Waals surface area contributed by atoms with Crippen molar-refractivity contribution in [1.82, 2.24) is 10.3 Å². The van der Waals surface area contributed by atoms with E-state index < -0.39 is 0 Å². The molecule has 5 nitrogen and oxygen atoms in total. The molecular formula is C19H16BrN3O2. The molecule has 0 saturated carbocycles. The Kier molecular flexibility index (Phi) is 5.09. The van der Waals surface area contributed by atoms with Crippen molar-refractivity contribution in [1.29, 1.82) is 0 Å². The first-order valence-electron chi connectivity index (χ1n) is 7.73. The van der Waals surface area contributed by atoms with Crippen LogP contribution in [0.1, 0.15) is 16.1 Å². The highest BCUT2D eigenvalue weighted by atomic mass is 79.9. The average Bonchev–Trinajstić information content (AvgIpc) is 2.61. The lowest BCUT2D eigenvalue weighted by Crippen LogP contribution is -2.33. The van der Waals surface area contributed by atoms with E-state index in [0.29, 0.717) is 11.3 Å². The minimum atomic E-state index is -0.298. The number of hydrogen-bond acceptors (Lipinski definition) is 3. The Morgan fingerprint density at radius 3 is 2.56 bits per heavy atom. The van der Waals surface area contributed by atoms with Crippen LogP contribution < -0.4 is 10.6 Å². The van der Waals surface area contributed by atoms with E-state index in [9.17, 15) is 9.59 Å². The van der Waals surface area contributed by atoms with Crippen LogP contribution in [-0.2, 0) is 4.79 Å². The quantitative estimate of drug-likeness (QED) is 0.705. The van der Waals surface area contributed by atoms with Crippen molar-refractivity contribution in [3.63, 3.8) is 0 Å². The van der Waals surface area contributed by atoms with Crippen LogP contribution in [0.5, 0.6) is 0 Å². The standard InChI is InChI=1S/C19H16BrN3O2/c1-12-10-16(15-4-2-3-5-17(15)22-12)19(25)21-11-18(24)23-14-8-6-13(20)7-9-14/h2-10H,11H2,1H3,(H,21,25)(H,23,24). The third kappa shape index (κ3) is 4.22. The molecule has 0 aliphatic heterocycles. The predicted octanol–water partition coefficient (Wildman–Crippen LogP) is 3.67. The summed E-state index contributed by atoms with van der Waals surface area (Å²) in [5.41, 5.74) is 2.70. The highest BCUT2D eigenvalue weighted by Gasteiger charge is 2.13. The van der Waals surface area contributed by atoms with Gasteiger partial charge in [0, 0.05) is 21.2 Å². The number of nitrogens with one attached hydrogen (secondary N) is 2. The minimum Gasteiger partial charge on any atom is -0.343 e. The van der Waals surface area contributed by atoms with E-state index in [1.165, 1.54) is 0 Å². The molecular weight excluding hydrogens is 382 g/mol. The molecule has 0 atom stereocenters. The highest BCUT2D eigenvalue weighted by Crippen LogP contribution is 2.18. The minimum absolute atomic E-state index is 0.107. The van der Waals surface area contributed by atoms with E-state index in [1.807, 2.05) is 43.3 Å². The second kappa shape index (κ2) is 7.44. The largest absolute Gasteiger partial charge is 0.343 e. The van der Waals surface area contributed by atoms with Crippen molar-refractivity contribution in [2.45, 2.75) is 6.92 Å². The molecule has 0 bridgehead atoms. The van der Waals surface area contributed by atoms with Gasteiger partial charge in [-0.15, -0.1) is 0 Å². The van der Waals surface area contributed by atoms with Crippen molar-refractivity contribution in [3.05, 3.63) is 70.3 Å². The predicted molar refractivity (Wildman–Crippen MR) is 102 cm³/mol. The number of amides is 2. The van der Waals surface area contributed by atoms with Gasteiger partial charge in [0.2, 0.25) is 5.91 Å². The zero-order valence-corrected chi connectivity index (χ0v) is 15.1. The van der Waals surface area contributed by atoms with Crippen LogP contribution in [0.2, 0.25) is 0 Å². The van der Waals surface area contributed by atoms with Gasteiger partial charge in [0.15, 0.2) is 0 Å². The molecule has 2 N–H and O–H groups in total. The lowest BCUT2D eigenvalue weighted by molar-refractivity contribution is -0.115. The second-order valence-corrected chi connectivity index (χ2v) is 6.48. The summed E-state index contributed by atoms with van der Waals surface area (Å²) in [6.45, 7) is 1.73. The molecule has 0 radical (unpaired) electrons. The second-order valence-electron chi connectivity index (χ2n) is 5.57. The molecule has 3 aromatic rings. The third-order valence-corrected chi connectivity index (χ3v) is 4.16. The number of halogens is 1.